The predicted octanol–water partition coefficient (Wildman–Crippen LogP) is -2.50. The lowest BCUT2D eigenvalue weighted by atomic mass is 10.0. The van der Waals surface area contributed by atoms with Crippen molar-refractivity contribution in [2.75, 3.05) is 0 Å². The molecular formula is C22H32N6O7. The zero-order valence-corrected chi connectivity index (χ0v) is 19.5. The Morgan fingerprint density at radius 3 is 1.80 bits per heavy atom. The topological polar surface area (TPSA) is 237 Å². The van der Waals surface area contributed by atoms with E-state index < -0.39 is 78.4 Å². The van der Waals surface area contributed by atoms with E-state index in [-0.39, 0.29) is 6.42 Å². The average Bonchev–Trinajstić information content (AvgIpc) is 2.75. The number of primary amides is 2. The van der Waals surface area contributed by atoms with E-state index in [0.717, 1.165) is 5.56 Å². The molecule has 5 amide bonds. The van der Waals surface area contributed by atoms with E-state index in [1.807, 2.05) is 11.4 Å². The summed E-state index contributed by atoms with van der Waals surface area (Å²) in [6.07, 6.45) is -1.14. The molecule has 0 aliphatic carbocycles. The number of hydrogen-bond donors (Lipinski definition) is 7. The number of carbonyl (C=O) groups is 6. The lowest BCUT2D eigenvalue weighted by Crippen LogP contribution is -2.59. The van der Waals surface area contributed by atoms with Gasteiger partial charge in [0.25, 0.3) is 0 Å². The summed E-state index contributed by atoms with van der Waals surface area (Å²) in [5.41, 5.74) is 16.9. The van der Waals surface area contributed by atoms with Gasteiger partial charge in [-0.15, -0.1) is 0 Å². The summed E-state index contributed by atoms with van der Waals surface area (Å²) in [5, 5.41) is 16.1. The molecule has 4 atom stereocenters. The number of benzene rings is 1. The Morgan fingerprint density at radius 2 is 1.31 bits per heavy atom. The summed E-state index contributed by atoms with van der Waals surface area (Å²) in [7, 11) is 0. The Hall–Kier alpha value is -4.00. The second-order valence-electron chi connectivity index (χ2n) is 8.33. The highest BCUT2D eigenvalue weighted by Crippen LogP contribution is 2.07. The summed E-state index contributed by atoms with van der Waals surface area (Å²) in [6.45, 7) is 3.29. The minimum Gasteiger partial charge on any atom is -0.480 e. The molecule has 0 saturated carbocycles. The van der Waals surface area contributed by atoms with E-state index in [0.29, 0.717) is 0 Å². The molecule has 10 N–H and O–H groups in total. The normalized spacial score (nSPS) is 14.2. The Labute approximate surface area is 202 Å². The largest absolute Gasteiger partial charge is 0.480 e. The van der Waals surface area contributed by atoms with E-state index in [9.17, 15) is 33.9 Å². The van der Waals surface area contributed by atoms with Crippen LogP contribution in [0.4, 0.5) is 0 Å². The standard InChI is InChI=1S/C22H32N6O7/c1-11(2)18(28-19(31)13(23)8-12-6-4-3-5-7-12)21(33)26-14(9-16(24)29)20(32)27-15(22(34)35)10-17(25)30/h3-7,11,13-15,18H,8-10,23H2,1-2H3,(H2,24,29)(H2,25,30)(H,26,33)(H,27,32)(H,28,31)(H,34,35)/t13-,14-,15-,18-/m0/s1. The molecule has 0 aromatic heterocycles. The minimum atomic E-state index is -1.68. The maximum Gasteiger partial charge on any atom is 0.326 e. The number of amides is 5. The molecule has 0 spiro atoms. The Morgan fingerprint density at radius 1 is 0.800 bits per heavy atom. The van der Waals surface area contributed by atoms with Gasteiger partial charge in [-0.1, -0.05) is 44.2 Å². The minimum absolute atomic E-state index is 0.224. The van der Waals surface area contributed by atoms with Crippen LogP contribution in [0.5, 0.6) is 0 Å². The van der Waals surface area contributed by atoms with Crippen LogP contribution in [-0.4, -0.2) is 64.8 Å². The predicted molar refractivity (Wildman–Crippen MR) is 124 cm³/mol. The Balaban J connectivity index is 2.93. The number of carboxylic acid groups (broad SMARTS) is 1. The summed E-state index contributed by atoms with van der Waals surface area (Å²) < 4.78 is 0. The summed E-state index contributed by atoms with van der Waals surface area (Å²) in [4.78, 5) is 71.9. The average molecular weight is 493 g/mol. The molecule has 0 radical (unpaired) electrons. The third-order valence-electron chi connectivity index (χ3n) is 4.94. The molecule has 0 bridgehead atoms. The van der Waals surface area contributed by atoms with Crippen LogP contribution in [0, 0.1) is 5.92 Å². The SMILES string of the molecule is CC(C)[C@H](NC(=O)[C@@H](N)Cc1ccccc1)C(=O)N[C@@H](CC(N)=O)C(=O)N[C@@H](CC(N)=O)C(=O)O. The molecular weight excluding hydrogens is 460 g/mol. The molecule has 0 saturated heterocycles. The summed E-state index contributed by atoms with van der Waals surface area (Å²) >= 11 is 0. The van der Waals surface area contributed by atoms with Crippen molar-refractivity contribution in [1.29, 1.82) is 0 Å². The number of rotatable bonds is 14. The van der Waals surface area contributed by atoms with Gasteiger partial charge in [-0.3, -0.25) is 24.0 Å². The van der Waals surface area contributed by atoms with Gasteiger partial charge in [0.15, 0.2) is 0 Å². The van der Waals surface area contributed by atoms with Gasteiger partial charge in [0.05, 0.1) is 18.9 Å². The van der Waals surface area contributed by atoms with Crippen molar-refractivity contribution in [2.24, 2.45) is 23.1 Å². The molecule has 0 fully saturated rings. The molecule has 192 valence electrons. The van der Waals surface area contributed by atoms with Gasteiger partial charge >= 0.3 is 5.97 Å². The summed E-state index contributed by atoms with van der Waals surface area (Å²) in [5.74, 6) is -6.41. The number of nitrogens with one attached hydrogen (secondary N) is 3. The first-order valence-corrected chi connectivity index (χ1v) is 10.8. The van der Waals surface area contributed by atoms with Gasteiger partial charge in [0.1, 0.15) is 18.1 Å². The van der Waals surface area contributed by atoms with Gasteiger partial charge in [-0.2, -0.15) is 0 Å². The number of aliphatic carboxylic acids is 1. The molecule has 13 nitrogen and oxygen atoms in total. The van der Waals surface area contributed by atoms with Crippen LogP contribution in [-0.2, 0) is 35.2 Å². The lowest BCUT2D eigenvalue weighted by molar-refractivity contribution is -0.144. The second kappa shape index (κ2) is 13.6. The van der Waals surface area contributed by atoms with E-state index in [4.69, 9.17) is 17.2 Å². The van der Waals surface area contributed by atoms with Crippen LogP contribution in [0.2, 0.25) is 0 Å². The van der Waals surface area contributed by atoms with Gasteiger partial charge in [-0.25, -0.2) is 4.79 Å². The van der Waals surface area contributed by atoms with Crippen LogP contribution in [0.15, 0.2) is 30.3 Å². The zero-order valence-electron chi connectivity index (χ0n) is 19.5. The van der Waals surface area contributed by atoms with Gasteiger partial charge in [-0.05, 0) is 17.9 Å². The fraction of sp³-hybridized carbons (Fsp3) is 0.455. The molecule has 0 heterocycles. The lowest BCUT2D eigenvalue weighted by Gasteiger charge is -2.26. The first-order valence-electron chi connectivity index (χ1n) is 10.8. The van der Waals surface area contributed by atoms with Gasteiger partial charge in [0, 0.05) is 0 Å². The van der Waals surface area contributed by atoms with E-state index >= 15 is 0 Å². The fourth-order valence-corrected chi connectivity index (χ4v) is 3.10. The van der Waals surface area contributed by atoms with Crippen LogP contribution < -0.4 is 33.2 Å². The highest BCUT2D eigenvalue weighted by atomic mass is 16.4. The van der Waals surface area contributed by atoms with Gasteiger partial charge < -0.3 is 38.3 Å². The fourth-order valence-electron chi connectivity index (χ4n) is 3.10. The first-order chi connectivity index (χ1) is 16.3. The van der Waals surface area contributed by atoms with Crippen LogP contribution in [0.25, 0.3) is 0 Å². The van der Waals surface area contributed by atoms with Crippen molar-refractivity contribution in [3.05, 3.63) is 35.9 Å². The quantitative estimate of drug-likeness (QED) is 0.146. The van der Waals surface area contributed by atoms with Crippen LogP contribution in [0.1, 0.15) is 32.3 Å². The molecule has 1 rings (SSSR count). The molecule has 0 unspecified atom stereocenters. The van der Waals surface area contributed by atoms with Crippen LogP contribution >= 0.6 is 0 Å². The highest BCUT2D eigenvalue weighted by molar-refractivity contribution is 5.96. The van der Waals surface area contributed by atoms with E-state index in [1.165, 1.54) is 0 Å². The Kier molecular flexibility index (Phi) is 11.3. The van der Waals surface area contributed by atoms with Crippen molar-refractivity contribution in [3.8, 4) is 0 Å². The highest BCUT2D eigenvalue weighted by Gasteiger charge is 2.32. The first kappa shape index (κ1) is 29.0. The van der Waals surface area contributed by atoms with Gasteiger partial charge in [0.2, 0.25) is 29.5 Å². The van der Waals surface area contributed by atoms with Crippen LogP contribution in [0.3, 0.4) is 0 Å². The Bertz CT molecular complexity index is 937. The van der Waals surface area contributed by atoms with E-state index in [2.05, 4.69) is 10.6 Å². The number of carbonyl (C=O) groups excluding carboxylic acids is 5. The molecule has 0 aliphatic rings. The molecule has 0 aliphatic heterocycles. The third-order valence-corrected chi connectivity index (χ3v) is 4.94. The number of carboxylic acids is 1. The third kappa shape index (κ3) is 10.2. The van der Waals surface area contributed by atoms with Crippen molar-refractivity contribution in [3.63, 3.8) is 0 Å². The summed E-state index contributed by atoms with van der Waals surface area (Å²) in [6, 6.07) is 3.69. The van der Waals surface area contributed by atoms with Crippen molar-refractivity contribution in [2.45, 2.75) is 57.3 Å². The van der Waals surface area contributed by atoms with Crippen molar-refractivity contribution in [1.82, 2.24) is 16.0 Å². The zero-order chi connectivity index (χ0) is 26.7. The molecule has 1 aromatic carbocycles. The van der Waals surface area contributed by atoms with E-state index in [1.54, 1.807) is 38.1 Å². The number of hydrogen-bond acceptors (Lipinski definition) is 7. The monoisotopic (exact) mass is 492 g/mol. The second-order valence-corrected chi connectivity index (χ2v) is 8.33. The smallest absolute Gasteiger partial charge is 0.326 e. The molecule has 35 heavy (non-hydrogen) atoms. The maximum absolute atomic E-state index is 12.9. The number of nitrogens with two attached hydrogens (primary N) is 3. The maximum atomic E-state index is 12.9. The molecule has 13 heteroatoms. The molecule has 1 aromatic rings. The van der Waals surface area contributed by atoms with Crippen molar-refractivity contribution >= 4 is 35.5 Å². The van der Waals surface area contributed by atoms with Crippen molar-refractivity contribution < 1.29 is 33.9 Å².